The van der Waals surface area contributed by atoms with Gasteiger partial charge in [0.05, 0.1) is 12.9 Å². The van der Waals surface area contributed by atoms with Crippen molar-refractivity contribution in [2.45, 2.75) is 18.7 Å². The number of rotatable bonds is 7. The van der Waals surface area contributed by atoms with Crippen LogP contribution in [-0.2, 0) is 18.7 Å². The third kappa shape index (κ3) is 4.61. The van der Waals surface area contributed by atoms with Crippen molar-refractivity contribution in [3.8, 4) is 0 Å². The summed E-state index contributed by atoms with van der Waals surface area (Å²) in [5.74, 6) is 0. The maximum atomic E-state index is 11.4. The van der Waals surface area contributed by atoms with Crippen molar-refractivity contribution >= 4 is 23.2 Å². The molecule has 1 aromatic heterocycles. The monoisotopic (exact) mass is 375 g/mol. The van der Waals surface area contributed by atoms with Crippen molar-refractivity contribution in [2.24, 2.45) is 0 Å². The molecule has 25 heavy (non-hydrogen) atoms. The molecule has 6 heteroatoms. The summed E-state index contributed by atoms with van der Waals surface area (Å²) in [7, 11) is 0. The van der Waals surface area contributed by atoms with Gasteiger partial charge in [0, 0.05) is 41.1 Å². The van der Waals surface area contributed by atoms with Gasteiger partial charge in [-0.2, -0.15) is 0 Å². The minimum atomic E-state index is -1.20. The molecule has 3 aromatic rings. The van der Waals surface area contributed by atoms with Gasteiger partial charge in [0.1, 0.15) is 5.60 Å². The second-order valence-corrected chi connectivity index (χ2v) is 6.82. The molecule has 2 aromatic carbocycles. The van der Waals surface area contributed by atoms with Gasteiger partial charge in [-0.3, -0.25) is 0 Å². The molecule has 130 valence electrons. The van der Waals surface area contributed by atoms with Crippen LogP contribution in [0.4, 0.5) is 0 Å². The molecule has 4 nitrogen and oxygen atoms in total. The minimum Gasteiger partial charge on any atom is -0.382 e. The van der Waals surface area contributed by atoms with Gasteiger partial charge in [0.2, 0.25) is 0 Å². The van der Waals surface area contributed by atoms with Gasteiger partial charge < -0.3 is 15.0 Å². The quantitative estimate of drug-likeness (QED) is 0.658. The molecule has 0 bridgehead atoms. The van der Waals surface area contributed by atoms with Crippen LogP contribution < -0.4 is 5.32 Å². The molecule has 1 atom stereocenters. The Morgan fingerprint density at radius 3 is 2.60 bits per heavy atom. The average Bonchev–Trinajstić information content (AvgIpc) is 3.08. The summed E-state index contributed by atoms with van der Waals surface area (Å²) in [6.45, 7) is 1.32. The van der Waals surface area contributed by atoms with Crippen LogP contribution in [0.25, 0.3) is 0 Å². The van der Waals surface area contributed by atoms with Crippen LogP contribution >= 0.6 is 23.2 Å². The van der Waals surface area contributed by atoms with E-state index in [2.05, 4.69) is 10.3 Å². The van der Waals surface area contributed by atoms with Gasteiger partial charge in [-0.15, -0.1) is 0 Å². The number of benzene rings is 2. The Balaban J connectivity index is 1.81. The molecule has 0 saturated carbocycles. The van der Waals surface area contributed by atoms with Crippen LogP contribution in [0.1, 0.15) is 11.1 Å². The van der Waals surface area contributed by atoms with E-state index in [9.17, 15) is 5.11 Å². The first-order valence-corrected chi connectivity index (χ1v) is 8.71. The van der Waals surface area contributed by atoms with Crippen molar-refractivity contribution in [1.29, 1.82) is 0 Å². The van der Waals surface area contributed by atoms with E-state index in [4.69, 9.17) is 23.2 Å². The molecule has 0 aliphatic heterocycles. The predicted octanol–water partition coefficient (Wildman–Crippen LogP) is 3.87. The zero-order valence-electron chi connectivity index (χ0n) is 13.6. The van der Waals surface area contributed by atoms with Crippen LogP contribution in [0.3, 0.4) is 0 Å². The Hall–Kier alpha value is -1.85. The van der Waals surface area contributed by atoms with Crippen LogP contribution in [0, 0.1) is 0 Å². The Morgan fingerprint density at radius 2 is 1.92 bits per heavy atom. The van der Waals surface area contributed by atoms with E-state index < -0.39 is 5.60 Å². The Bertz CT molecular complexity index is 809. The number of aliphatic hydroxyl groups is 1. The predicted molar refractivity (Wildman–Crippen MR) is 101 cm³/mol. The first kappa shape index (κ1) is 18.0. The maximum Gasteiger partial charge on any atom is 0.121 e. The van der Waals surface area contributed by atoms with Crippen LogP contribution in [-0.4, -0.2) is 21.2 Å². The van der Waals surface area contributed by atoms with E-state index in [1.165, 1.54) is 0 Å². The molecule has 0 spiro atoms. The number of hydrogen-bond acceptors (Lipinski definition) is 3. The standard InChI is InChI=1S/C19H19Cl2N3O/c20-16-6-7-17(18(21)10-16)19(25,13-24-9-8-22-14-24)12-23-11-15-4-2-1-3-5-15/h1-10,14,23,25H,11-13H2. The highest BCUT2D eigenvalue weighted by atomic mass is 35.5. The molecular formula is C19H19Cl2N3O. The zero-order valence-corrected chi connectivity index (χ0v) is 15.1. The number of aromatic nitrogens is 2. The highest BCUT2D eigenvalue weighted by molar-refractivity contribution is 6.35. The van der Waals surface area contributed by atoms with Gasteiger partial charge in [0.15, 0.2) is 0 Å². The van der Waals surface area contributed by atoms with Crippen LogP contribution in [0.2, 0.25) is 10.0 Å². The fourth-order valence-corrected chi connectivity index (χ4v) is 3.38. The molecular weight excluding hydrogens is 357 g/mol. The van der Waals surface area contributed by atoms with Crippen LogP contribution in [0.15, 0.2) is 67.3 Å². The lowest BCUT2D eigenvalue weighted by molar-refractivity contribution is 0.0186. The molecule has 1 unspecified atom stereocenters. The second kappa shape index (κ2) is 8.02. The number of imidazole rings is 1. The summed E-state index contributed by atoms with van der Waals surface area (Å²) in [6, 6.07) is 15.2. The second-order valence-electron chi connectivity index (χ2n) is 5.98. The third-order valence-corrected chi connectivity index (χ3v) is 4.57. The molecule has 0 fully saturated rings. The van der Waals surface area contributed by atoms with Gasteiger partial charge in [0.25, 0.3) is 0 Å². The van der Waals surface area contributed by atoms with E-state index in [0.29, 0.717) is 35.2 Å². The van der Waals surface area contributed by atoms with Crippen molar-refractivity contribution in [1.82, 2.24) is 14.9 Å². The van der Waals surface area contributed by atoms with E-state index in [0.717, 1.165) is 5.56 Å². The van der Waals surface area contributed by atoms with Crippen molar-refractivity contribution in [3.05, 3.63) is 88.4 Å². The van der Waals surface area contributed by atoms with E-state index in [-0.39, 0.29) is 0 Å². The van der Waals surface area contributed by atoms with Gasteiger partial charge in [-0.25, -0.2) is 4.98 Å². The number of halogens is 2. The highest BCUT2D eigenvalue weighted by Gasteiger charge is 2.31. The topological polar surface area (TPSA) is 50.1 Å². The molecule has 0 aliphatic carbocycles. The average molecular weight is 376 g/mol. The molecule has 0 radical (unpaired) electrons. The largest absolute Gasteiger partial charge is 0.382 e. The molecule has 2 N–H and O–H groups in total. The van der Waals surface area contributed by atoms with E-state index in [1.807, 2.05) is 41.1 Å². The molecule has 1 heterocycles. The Labute approximate surface area is 157 Å². The van der Waals surface area contributed by atoms with Crippen molar-refractivity contribution < 1.29 is 5.11 Å². The lowest BCUT2D eigenvalue weighted by atomic mass is 9.93. The first-order valence-electron chi connectivity index (χ1n) is 7.95. The summed E-state index contributed by atoms with van der Waals surface area (Å²) >= 11 is 12.4. The summed E-state index contributed by atoms with van der Waals surface area (Å²) in [6.07, 6.45) is 5.17. The lowest BCUT2D eigenvalue weighted by Crippen LogP contribution is -2.41. The SMILES string of the molecule is OC(CNCc1ccccc1)(Cn1ccnc1)c1ccc(Cl)cc1Cl. The molecule has 3 rings (SSSR count). The summed E-state index contributed by atoms with van der Waals surface area (Å²) < 4.78 is 1.83. The zero-order chi connectivity index (χ0) is 17.7. The first-order chi connectivity index (χ1) is 12.1. The van der Waals surface area contributed by atoms with Crippen molar-refractivity contribution in [3.63, 3.8) is 0 Å². The fraction of sp³-hybridized carbons (Fsp3) is 0.211. The highest BCUT2D eigenvalue weighted by Crippen LogP contribution is 2.31. The fourth-order valence-electron chi connectivity index (χ4n) is 2.79. The lowest BCUT2D eigenvalue weighted by Gasteiger charge is -2.30. The van der Waals surface area contributed by atoms with Gasteiger partial charge >= 0.3 is 0 Å². The summed E-state index contributed by atoms with van der Waals surface area (Å²) in [4.78, 5) is 4.04. The number of nitrogens with one attached hydrogen (secondary N) is 1. The Morgan fingerprint density at radius 1 is 1.12 bits per heavy atom. The van der Waals surface area contributed by atoms with E-state index >= 15 is 0 Å². The van der Waals surface area contributed by atoms with Gasteiger partial charge in [-0.05, 0) is 17.7 Å². The normalized spacial score (nSPS) is 13.6. The van der Waals surface area contributed by atoms with E-state index in [1.54, 1.807) is 30.7 Å². The third-order valence-electron chi connectivity index (χ3n) is 4.03. The van der Waals surface area contributed by atoms with Gasteiger partial charge in [-0.1, -0.05) is 59.6 Å². The minimum absolute atomic E-state index is 0.330. The summed E-state index contributed by atoms with van der Waals surface area (Å²) in [5.41, 5.74) is 0.583. The number of nitrogens with zero attached hydrogens (tertiary/aromatic N) is 2. The number of hydrogen-bond donors (Lipinski definition) is 2. The molecule has 0 aliphatic rings. The maximum absolute atomic E-state index is 11.4. The van der Waals surface area contributed by atoms with Crippen LogP contribution in [0.5, 0.6) is 0 Å². The van der Waals surface area contributed by atoms with Crippen molar-refractivity contribution in [2.75, 3.05) is 6.54 Å². The molecule has 0 saturated heterocycles. The Kier molecular flexibility index (Phi) is 5.76. The summed E-state index contributed by atoms with van der Waals surface area (Å²) in [5, 5.41) is 15.7. The molecule has 0 amide bonds. The smallest absolute Gasteiger partial charge is 0.121 e.